The highest BCUT2D eigenvalue weighted by Crippen LogP contribution is 1.91. The summed E-state index contributed by atoms with van der Waals surface area (Å²) in [6.07, 6.45) is -0.825. The molecule has 0 heterocycles. The first-order valence-electron chi connectivity index (χ1n) is 4.61. The summed E-state index contributed by atoms with van der Waals surface area (Å²) in [6, 6.07) is 0. The first-order valence-corrected chi connectivity index (χ1v) is 4.61. The second kappa shape index (κ2) is 9.54. The van der Waals surface area contributed by atoms with Crippen molar-refractivity contribution in [2.24, 2.45) is 0 Å². The summed E-state index contributed by atoms with van der Waals surface area (Å²) < 4.78 is 27.8. The lowest BCUT2D eigenvalue weighted by molar-refractivity contribution is -0.120. The normalized spacial score (nSPS) is 10.3. The van der Waals surface area contributed by atoms with Gasteiger partial charge >= 0.3 is 0 Å². The van der Waals surface area contributed by atoms with Crippen molar-refractivity contribution in [2.45, 2.75) is 6.43 Å². The molecule has 0 aliphatic rings. The van der Waals surface area contributed by atoms with E-state index < -0.39 is 13.0 Å². The van der Waals surface area contributed by atoms with Gasteiger partial charge in [0.1, 0.15) is 6.61 Å². The second-order valence-electron chi connectivity index (χ2n) is 2.74. The molecular weight excluding hydrogens is 206 g/mol. The summed E-state index contributed by atoms with van der Waals surface area (Å²) >= 11 is 0. The van der Waals surface area contributed by atoms with Crippen molar-refractivity contribution >= 4 is 5.91 Å². The van der Waals surface area contributed by atoms with Crippen molar-refractivity contribution in [3.63, 3.8) is 0 Å². The zero-order valence-electron chi connectivity index (χ0n) is 8.47. The molecule has 0 aromatic heterocycles. The van der Waals surface area contributed by atoms with Crippen molar-refractivity contribution in [1.82, 2.24) is 10.6 Å². The molecule has 0 atom stereocenters. The molecular formula is C9H16F2N2O2. The second-order valence-corrected chi connectivity index (χ2v) is 2.74. The summed E-state index contributed by atoms with van der Waals surface area (Å²) in [5.74, 6) is -0.197. The number of halogens is 2. The summed E-state index contributed by atoms with van der Waals surface area (Å²) in [7, 11) is 0. The Bertz CT molecular complexity index is 189. The van der Waals surface area contributed by atoms with Gasteiger partial charge in [-0.15, -0.1) is 6.58 Å². The highest BCUT2D eigenvalue weighted by Gasteiger charge is 2.02. The SMILES string of the molecule is C=CCNCC(=O)NCCOCC(F)F. The topological polar surface area (TPSA) is 50.4 Å². The predicted molar refractivity (Wildman–Crippen MR) is 52.9 cm³/mol. The van der Waals surface area contributed by atoms with Crippen LogP contribution in [0.25, 0.3) is 0 Å². The Kier molecular flexibility index (Phi) is 8.90. The molecule has 1 amide bonds. The third kappa shape index (κ3) is 10.9. The standard InChI is InChI=1S/C9H16F2N2O2/c1-2-3-12-6-9(14)13-4-5-15-7-8(10)11/h2,8,12H,1,3-7H2,(H,13,14). The van der Waals surface area contributed by atoms with Gasteiger partial charge in [0, 0.05) is 13.1 Å². The van der Waals surface area contributed by atoms with Gasteiger partial charge in [-0.3, -0.25) is 4.79 Å². The molecule has 0 rings (SSSR count). The van der Waals surface area contributed by atoms with Crippen molar-refractivity contribution in [3.05, 3.63) is 12.7 Å². The molecule has 0 aromatic carbocycles. The molecule has 0 spiro atoms. The molecule has 2 N–H and O–H groups in total. The number of amides is 1. The van der Waals surface area contributed by atoms with Gasteiger partial charge in [-0.25, -0.2) is 8.78 Å². The molecule has 0 aromatic rings. The lowest BCUT2D eigenvalue weighted by Gasteiger charge is -2.06. The van der Waals surface area contributed by atoms with Crippen LogP contribution in [0.3, 0.4) is 0 Å². The maximum atomic E-state index is 11.6. The Morgan fingerprint density at radius 2 is 2.27 bits per heavy atom. The lowest BCUT2D eigenvalue weighted by atomic mass is 10.5. The van der Waals surface area contributed by atoms with Crippen LogP contribution in [0.15, 0.2) is 12.7 Å². The number of nitrogens with one attached hydrogen (secondary N) is 2. The zero-order chi connectivity index (χ0) is 11.5. The van der Waals surface area contributed by atoms with E-state index in [1.54, 1.807) is 6.08 Å². The number of carbonyl (C=O) groups is 1. The molecule has 4 nitrogen and oxygen atoms in total. The Morgan fingerprint density at radius 3 is 2.87 bits per heavy atom. The summed E-state index contributed by atoms with van der Waals surface area (Å²) in [6.45, 7) is 3.95. The summed E-state index contributed by atoms with van der Waals surface area (Å²) in [4.78, 5) is 11.0. The molecule has 0 fully saturated rings. The molecule has 0 aliphatic carbocycles. The van der Waals surface area contributed by atoms with Crippen LogP contribution in [0, 0.1) is 0 Å². The Balaban J connectivity index is 3.20. The Morgan fingerprint density at radius 1 is 1.53 bits per heavy atom. The van der Waals surface area contributed by atoms with E-state index in [0.29, 0.717) is 6.54 Å². The molecule has 0 bridgehead atoms. The van der Waals surface area contributed by atoms with Gasteiger partial charge in [0.25, 0.3) is 6.43 Å². The van der Waals surface area contributed by atoms with Crippen molar-refractivity contribution in [3.8, 4) is 0 Å². The van der Waals surface area contributed by atoms with Crippen LogP contribution in [-0.4, -0.2) is 45.2 Å². The number of alkyl halides is 2. The van der Waals surface area contributed by atoms with Crippen LogP contribution in [0.5, 0.6) is 0 Å². The molecule has 0 saturated heterocycles. The minimum atomic E-state index is -2.46. The van der Waals surface area contributed by atoms with E-state index >= 15 is 0 Å². The smallest absolute Gasteiger partial charge is 0.261 e. The minimum absolute atomic E-state index is 0.0948. The fraction of sp³-hybridized carbons (Fsp3) is 0.667. The molecule has 0 aliphatic heterocycles. The fourth-order valence-corrected chi connectivity index (χ4v) is 0.785. The molecule has 6 heteroatoms. The Labute approximate surface area is 87.7 Å². The van der Waals surface area contributed by atoms with Crippen LogP contribution < -0.4 is 10.6 Å². The van der Waals surface area contributed by atoms with Gasteiger partial charge in [0.05, 0.1) is 13.2 Å². The van der Waals surface area contributed by atoms with Crippen LogP contribution in [0.4, 0.5) is 8.78 Å². The van der Waals surface area contributed by atoms with Crippen LogP contribution in [0.1, 0.15) is 0 Å². The van der Waals surface area contributed by atoms with Crippen LogP contribution >= 0.6 is 0 Å². The minimum Gasteiger partial charge on any atom is -0.374 e. The van der Waals surface area contributed by atoms with E-state index in [0.717, 1.165) is 0 Å². The van der Waals surface area contributed by atoms with Crippen molar-refractivity contribution < 1.29 is 18.3 Å². The first-order chi connectivity index (χ1) is 7.16. The quantitative estimate of drug-likeness (QED) is 0.431. The number of carbonyl (C=O) groups excluding carboxylic acids is 1. The van der Waals surface area contributed by atoms with Crippen LogP contribution in [0.2, 0.25) is 0 Å². The van der Waals surface area contributed by atoms with Gasteiger partial charge < -0.3 is 15.4 Å². The number of rotatable bonds is 9. The van der Waals surface area contributed by atoms with Gasteiger partial charge in [0.2, 0.25) is 5.91 Å². The number of ether oxygens (including phenoxy) is 1. The highest BCUT2D eigenvalue weighted by molar-refractivity contribution is 5.77. The fourth-order valence-electron chi connectivity index (χ4n) is 0.785. The number of hydrogen-bond acceptors (Lipinski definition) is 3. The molecule has 15 heavy (non-hydrogen) atoms. The Hall–Kier alpha value is -1.01. The summed E-state index contributed by atoms with van der Waals surface area (Å²) in [5.41, 5.74) is 0. The maximum absolute atomic E-state index is 11.6. The largest absolute Gasteiger partial charge is 0.374 e. The van der Waals surface area contributed by atoms with Crippen molar-refractivity contribution in [2.75, 3.05) is 32.8 Å². The predicted octanol–water partition coefficient (Wildman–Crippen LogP) is 0.160. The van der Waals surface area contributed by atoms with E-state index in [1.165, 1.54) is 0 Å². The van der Waals surface area contributed by atoms with Gasteiger partial charge in [-0.1, -0.05) is 6.08 Å². The van der Waals surface area contributed by atoms with E-state index in [1.807, 2.05) is 0 Å². The van der Waals surface area contributed by atoms with Gasteiger partial charge in [-0.2, -0.15) is 0 Å². The summed E-state index contributed by atoms with van der Waals surface area (Å²) in [5, 5.41) is 5.31. The van der Waals surface area contributed by atoms with Crippen molar-refractivity contribution in [1.29, 1.82) is 0 Å². The molecule has 0 saturated carbocycles. The van der Waals surface area contributed by atoms with Gasteiger partial charge in [0.15, 0.2) is 0 Å². The molecule has 0 radical (unpaired) electrons. The van der Waals surface area contributed by atoms with E-state index in [4.69, 9.17) is 0 Å². The van der Waals surface area contributed by atoms with E-state index in [-0.39, 0.29) is 25.6 Å². The van der Waals surface area contributed by atoms with Gasteiger partial charge in [-0.05, 0) is 0 Å². The zero-order valence-corrected chi connectivity index (χ0v) is 8.47. The highest BCUT2D eigenvalue weighted by atomic mass is 19.3. The molecule has 88 valence electrons. The average Bonchev–Trinajstić information content (AvgIpc) is 2.17. The average molecular weight is 222 g/mol. The lowest BCUT2D eigenvalue weighted by Crippen LogP contribution is -2.35. The maximum Gasteiger partial charge on any atom is 0.261 e. The monoisotopic (exact) mass is 222 g/mol. The first kappa shape index (κ1) is 14.0. The number of hydrogen-bond donors (Lipinski definition) is 2. The van der Waals surface area contributed by atoms with E-state index in [2.05, 4.69) is 21.9 Å². The molecule has 0 unspecified atom stereocenters. The third-order valence-electron chi connectivity index (χ3n) is 1.39. The third-order valence-corrected chi connectivity index (χ3v) is 1.39. The van der Waals surface area contributed by atoms with Crippen LogP contribution in [-0.2, 0) is 9.53 Å². The van der Waals surface area contributed by atoms with E-state index in [9.17, 15) is 13.6 Å².